The molecule has 1 fully saturated rings. The molecule has 0 bridgehead atoms. The molecule has 2 heteroatoms. The first kappa shape index (κ1) is 9.81. The van der Waals surface area contributed by atoms with Crippen LogP contribution >= 0.6 is 0 Å². The summed E-state index contributed by atoms with van der Waals surface area (Å²) in [6.45, 7) is 4.34. The maximum Gasteiger partial charge on any atom is 0.129 e. The van der Waals surface area contributed by atoms with Crippen molar-refractivity contribution in [3.63, 3.8) is 0 Å². The molecule has 1 rings (SSSR count). The average Bonchev–Trinajstić information content (AvgIpc) is 2.10. The molecule has 1 aliphatic rings. The number of rotatable bonds is 0. The topological polar surface area (TPSA) is 47.6 Å². The summed E-state index contributed by atoms with van der Waals surface area (Å²) < 4.78 is 0. The third-order valence-corrected chi connectivity index (χ3v) is 2.80. The zero-order valence-corrected chi connectivity index (χ0v) is 8.17. The highest BCUT2D eigenvalue weighted by molar-refractivity contribution is 5.41. The summed E-state index contributed by atoms with van der Waals surface area (Å²) in [5.41, 5.74) is 1.42. The van der Waals surface area contributed by atoms with Crippen LogP contribution in [0.15, 0.2) is 11.1 Å². The third kappa shape index (κ3) is 2.10. The molecule has 0 N–H and O–H groups in total. The highest BCUT2D eigenvalue weighted by Gasteiger charge is 2.22. The smallest absolute Gasteiger partial charge is 0.129 e. The number of hydrogen-bond donors (Lipinski definition) is 0. The van der Waals surface area contributed by atoms with E-state index in [0.29, 0.717) is 11.5 Å². The van der Waals surface area contributed by atoms with Crippen molar-refractivity contribution in [3.05, 3.63) is 11.1 Å². The predicted molar refractivity (Wildman–Crippen MR) is 50.4 cm³/mol. The summed E-state index contributed by atoms with van der Waals surface area (Å²) in [5.74, 6) is 1.15. The van der Waals surface area contributed by atoms with Crippen LogP contribution in [0.1, 0.15) is 33.1 Å². The molecule has 0 saturated heterocycles. The summed E-state index contributed by atoms with van der Waals surface area (Å²) in [6, 6.07) is 3.97. The van der Waals surface area contributed by atoms with E-state index in [1.54, 1.807) is 0 Å². The van der Waals surface area contributed by atoms with Crippen LogP contribution in [0.2, 0.25) is 0 Å². The standard InChI is InChI=1S/C11H14N2/c1-8-3-4-11(9(2)5-8)10(6-12)7-13/h8-9H,3-5H2,1-2H3. The van der Waals surface area contributed by atoms with Crippen LogP contribution in [0.4, 0.5) is 0 Å². The van der Waals surface area contributed by atoms with Crippen LogP contribution in [0, 0.1) is 34.5 Å². The highest BCUT2D eigenvalue weighted by Crippen LogP contribution is 2.34. The van der Waals surface area contributed by atoms with Gasteiger partial charge in [0.05, 0.1) is 0 Å². The van der Waals surface area contributed by atoms with Gasteiger partial charge in [-0.2, -0.15) is 10.5 Å². The van der Waals surface area contributed by atoms with Crippen molar-refractivity contribution >= 4 is 0 Å². The van der Waals surface area contributed by atoms with Gasteiger partial charge in [-0.05, 0) is 36.7 Å². The van der Waals surface area contributed by atoms with E-state index in [-0.39, 0.29) is 0 Å². The Morgan fingerprint density at radius 3 is 2.38 bits per heavy atom. The van der Waals surface area contributed by atoms with Crippen LogP contribution in [0.5, 0.6) is 0 Å². The maximum atomic E-state index is 8.73. The predicted octanol–water partition coefficient (Wildman–Crippen LogP) is 2.79. The molecule has 0 aromatic rings. The minimum atomic E-state index is 0.347. The fourth-order valence-electron chi connectivity index (χ4n) is 2.05. The molecule has 13 heavy (non-hydrogen) atoms. The average molecular weight is 174 g/mol. The molecule has 0 aromatic carbocycles. The van der Waals surface area contributed by atoms with Gasteiger partial charge in [0.2, 0.25) is 0 Å². The largest absolute Gasteiger partial charge is 0.192 e. The summed E-state index contributed by atoms with van der Waals surface area (Å²) in [6.07, 6.45) is 3.16. The molecule has 0 radical (unpaired) electrons. The van der Waals surface area contributed by atoms with E-state index in [9.17, 15) is 0 Å². The molecule has 0 amide bonds. The Balaban J connectivity index is 2.89. The minimum Gasteiger partial charge on any atom is -0.192 e. The molecule has 0 spiro atoms. The molecule has 2 atom stereocenters. The van der Waals surface area contributed by atoms with E-state index in [1.165, 1.54) is 0 Å². The summed E-state index contributed by atoms with van der Waals surface area (Å²) in [4.78, 5) is 0. The lowest BCUT2D eigenvalue weighted by molar-refractivity contribution is 0.370. The van der Waals surface area contributed by atoms with Gasteiger partial charge in [-0.1, -0.05) is 13.8 Å². The van der Waals surface area contributed by atoms with E-state index < -0.39 is 0 Å². The van der Waals surface area contributed by atoms with Gasteiger partial charge in [-0.25, -0.2) is 0 Å². The Morgan fingerprint density at radius 2 is 1.92 bits per heavy atom. The summed E-state index contributed by atoms with van der Waals surface area (Å²) in [7, 11) is 0. The van der Waals surface area contributed by atoms with Gasteiger partial charge in [0.25, 0.3) is 0 Å². The number of allylic oxidation sites excluding steroid dienone is 2. The van der Waals surface area contributed by atoms with Gasteiger partial charge in [0.15, 0.2) is 0 Å². The second kappa shape index (κ2) is 4.10. The number of nitrogens with zero attached hydrogens (tertiary/aromatic N) is 2. The molecular formula is C11H14N2. The van der Waals surface area contributed by atoms with Crippen molar-refractivity contribution in [2.24, 2.45) is 11.8 Å². The Bertz CT molecular complexity index is 285. The molecule has 0 aromatic heterocycles. The van der Waals surface area contributed by atoms with Gasteiger partial charge < -0.3 is 0 Å². The van der Waals surface area contributed by atoms with E-state index in [2.05, 4.69) is 13.8 Å². The normalized spacial score (nSPS) is 27.5. The van der Waals surface area contributed by atoms with Crippen molar-refractivity contribution in [1.29, 1.82) is 10.5 Å². The van der Waals surface area contributed by atoms with Crippen LogP contribution in [-0.2, 0) is 0 Å². The highest BCUT2D eigenvalue weighted by atomic mass is 14.3. The fourth-order valence-corrected chi connectivity index (χ4v) is 2.05. The maximum absolute atomic E-state index is 8.73. The Hall–Kier alpha value is -1.28. The van der Waals surface area contributed by atoms with Crippen molar-refractivity contribution in [3.8, 4) is 12.1 Å². The SMILES string of the molecule is CC1CCC(=C(C#N)C#N)C(C)C1. The van der Waals surface area contributed by atoms with Crippen LogP contribution in [0.3, 0.4) is 0 Å². The van der Waals surface area contributed by atoms with E-state index in [4.69, 9.17) is 10.5 Å². The first-order chi connectivity index (χ1) is 6.19. The molecule has 2 nitrogen and oxygen atoms in total. The molecular weight excluding hydrogens is 160 g/mol. The van der Waals surface area contributed by atoms with Crippen LogP contribution in [-0.4, -0.2) is 0 Å². The van der Waals surface area contributed by atoms with Gasteiger partial charge in [0.1, 0.15) is 17.7 Å². The van der Waals surface area contributed by atoms with Crippen molar-refractivity contribution in [1.82, 2.24) is 0 Å². The quantitative estimate of drug-likeness (QED) is 0.530. The molecule has 68 valence electrons. The van der Waals surface area contributed by atoms with Gasteiger partial charge in [-0.15, -0.1) is 0 Å². The van der Waals surface area contributed by atoms with Crippen molar-refractivity contribution < 1.29 is 0 Å². The molecule has 1 aliphatic carbocycles. The zero-order chi connectivity index (χ0) is 9.84. The van der Waals surface area contributed by atoms with Gasteiger partial charge in [0, 0.05) is 0 Å². The first-order valence-electron chi connectivity index (χ1n) is 4.72. The Kier molecular flexibility index (Phi) is 3.09. The van der Waals surface area contributed by atoms with Gasteiger partial charge in [-0.3, -0.25) is 0 Å². The van der Waals surface area contributed by atoms with E-state index in [1.807, 2.05) is 12.1 Å². The lowest BCUT2D eigenvalue weighted by Gasteiger charge is -2.26. The number of nitriles is 2. The Morgan fingerprint density at radius 1 is 1.31 bits per heavy atom. The first-order valence-corrected chi connectivity index (χ1v) is 4.72. The molecule has 1 saturated carbocycles. The molecule has 2 unspecified atom stereocenters. The third-order valence-electron chi connectivity index (χ3n) is 2.80. The molecule has 0 heterocycles. The fraction of sp³-hybridized carbons (Fsp3) is 0.636. The van der Waals surface area contributed by atoms with Crippen molar-refractivity contribution in [2.45, 2.75) is 33.1 Å². The number of hydrogen-bond acceptors (Lipinski definition) is 2. The van der Waals surface area contributed by atoms with Crippen molar-refractivity contribution in [2.75, 3.05) is 0 Å². The van der Waals surface area contributed by atoms with E-state index in [0.717, 1.165) is 30.8 Å². The van der Waals surface area contributed by atoms with Gasteiger partial charge >= 0.3 is 0 Å². The van der Waals surface area contributed by atoms with E-state index >= 15 is 0 Å². The Labute approximate surface area is 79.5 Å². The van der Waals surface area contributed by atoms with Crippen LogP contribution < -0.4 is 0 Å². The van der Waals surface area contributed by atoms with Crippen LogP contribution in [0.25, 0.3) is 0 Å². The zero-order valence-electron chi connectivity index (χ0n) is 8.17. The molecule has 0 aliphatic heterocycles. The lowest BCUT2D eigenvalue weighted by Crippen LogP contribution is -2.14. The lowest BCUT2D eigenvalue weighted by atomic mass is 9.78. The monoisotopic (exact) mass is 174 g/mol. The summed E-state index contributed by atoms with van der Waals surface area (Å²) >= 11 is 0. The summed E-state index contributed by atoms with van der Waals surface area (Å²) in [5, 5.41) is 17.5. The second-order valence-corrected chi connectivity index (χ2v) is 3.90. The second-order valence-electron chi connectivity index (χ2n) is 3.90. The minimum absolute atomic E-state index is 0.347.